The number of hydrogen-bond acceptors (Lipinski definition) is 1. The maximum absolute atomic E-state index is 10.5. The van der Waals surface area contributed by atoms with E-state index >= 15 is 0 Å². The van der Waals surface area contributed by atoms with E-state index in [0.29, 0.717) is 6.54 Å². The van der Waals surface area contributed by atoms with Crippen LogP contribution in [0.15, 0.2) is 91.0 Å². The predicted octanol–water partition coefficient (Wildman–Crippen LogP) is 7.21. The van der Waals surface area contributed by atoms with Gasteiger partial charge in [0.05, 0.1) is 0 Å². The minimum atomic E-state index is -2.78. The van der Waals surface area contributed by atoms with E-state index in [1.54, 1.807) is 0 Å². The zero-order chi connectivity index (χ0) is 24.1. The molecule has 0 aliphatic carbocycles. The molecule has 3 aromatic carbocycles. The van der Waals surface area contributed by atoms with Crippen molar-refractivity contribution in [2.24, 2.45) is 0 Å². The van der Waals surface area contributed by atoms with Crippen molar-refractivity contribution in [3.05, 3.63) is 91.0 Å². The molecule has 0 saturated heterocycles. The van der Waals surface area contributed by atoms with Crippen LogP contribution < -0.4 is 21.2 Å². The van der Waals surface area contributed by atoms with Crippen LogP contribution in [0.3, 0.4) is 0 Å². The number of benzene rings is 3. The number of amides is 1. The van der Waals surface area contributed by atoms with E-state index in [1.165, 1.54) is 54.4 Å². The van der Waals surface area contributed by atoms with Crippen LogP contribution in [0.1, 0.15) is 51.4 Å². The Kier molecular flexibility index (Phi) is 10.2. The second kappa shape index (κ2) is 13.1. The maximum atomic E-state index is 10.5. The van der Waals surface area contributed by atoms with Gasteiger partial charge in [-0.2, -0.15) is 0 Å². The Hall–Kier alpha value is -2.16. The summed E-state index contributed by atoms with van der Waals surface area (Å²) in [4.78, 5) is 10.5. The molecule has 5 heteroatoms. The van der Waals surface area contributed by atoms with Gasteiger partial charge in [0.15, 0.2) is 0 Å². The monoisotopic (exact) mass is 541 g/mol. The third-order valence-electron chi connectivity index (χ3n) is 6.66. The van der Waals surface area contributed by atoms with Crippen LogP contribution in [-0.2, 0) is 0 Å². The van der Waals surface area contributed by atoms with Gasteiger partial charge in [-0.3, -0.25) is 0 Å². The molecule has 3 nitrogen and oxygen atoms in total. The summed E-state index contributed by atoms with van der Waals surface area (Å²) in [6, 6.07) is 33.1. The third-order valence-corrected chi connectivity index (χ3v) is 16.7. The Morgan fingerprint density at radius 3 is 1.35 bits per heavy atom. The van der Waals surface area contributed by atoms with Crippen molar-refractivity contribution in [1.29, 1.82) is 0 Å². The van der Waals surface area contributed by atoms with E-state index in [1.807, 2.05) is 0 Å². The molecule has 0 radical (unpaired) electrons. The molecule has 1 amide bonds. The van der Waals surface area contributed by atoms with E-state index in [0.717, 1.165) is 19.0 Å². The molecule has 0 spiro atoms. The Morgan fingerprint density at radius 2 is 0.971 bits per heavy atom. The van der Waals surface area contributed by atoms with Gasteiger partial charge in [0.2, 0.25) is 0 Å². The third kappa shape index (κ3) is 6.49. The summed E-state index contributed by atoms with van der Waals surface area (Å²) in [5.41, 5.74) is 0. The van der Waals surface area contributed by atoms with Crippen molar-refractivity contribution < 1.29 is 9.90 Å². The Bertz CT molecular complexity index is 899. The Labute approximate surface area is 212 Å². The first kappa shape index (κ1) is 26.4. The van der Waals surface area contributed by atoms with Crippen molar-refractivity contribution in [2.45, 2.75) is 51.4 Å². The average molecular weight is 542 g/mol. The van der Waals surface area contributed by atoms with Crippen LogP contribution in [0.5, 0.6) is 0 Å². The van der Waals surface area contributed by atoms with Crippen molar-refractivity contribution >= 4 is 42.8 Å². The average Bonchev–Trinajstić information content (AvgIpc) is 2.88. The number of hydrogen-bond donors (Lipinski definition) is 2. The summed E-state index contributed by atoms with van der Waals surface area (Å²) in [7, 11) is 0. The zero-order valence-corrected chi connectivity index (χ0v) is 22.4. The van der Waals surface area contributed by atoms with Gasteiger partial charge < -0.3 is 5.11 Å². The van der Waals surface area contributed by atoms with Crippen LogP contribution >= 0.6 is 20.8 Å². The fourth-order valence-electron chi connectivity index (χ4n) is 4.84. The van der Waals surface area contributed by atoms with Crippen LogP contribution in [0.25, 0.3) is 0 Å². The van der Waals surface area contributed by atoms with Gasteiger partial charge in [-0.1, -0.05) is 0 Å². The Morgan fingerprint density at radius 1 is 0.618 bits per heavy atom. The van der Waals surface area contributed by atoms with Crippen molar-refractivity contribution in [3.8, 4) is 0 Å². The molecule has 0 fully saturated rings. The molecule has 0 aliphatic rings. The first-order valence-corrected chi connectivity index (χ1v) is 16.9. The molecule has 3 aromatic rings. The van der Waals surface area contributed by atoms with E-state index in [-0.39, 0.29) is 0 Å². The summed E-state index contributed by atoms with van der Waals surface area (Å²) in [6.45, 7) is 0.562. The fraction of sp³-hybridized carbons (Fsp3) is 0.345. The van der Waals surface area contributed by atoms with E-state index in [2.05, 4.69) is 112 Å². The summed E-state index contributed by atoms with van der Waals surface area (Å²) in [5, 5.41) is 12.4. The van der Waals surface area contributed by atoms with Gasteiger partial charge in [-0.25, -0.2) is 4.79 Å². The summed E-state index contributed by atoms with van der Waals surface area (Å²) >= 11 is 4.53. The fourth-order valence-corrected chi connectivity index (χ4v) is 12.6. The molecular formula is C29H37BrNO2P. The minimum absolute atomic E-state index is 0.562. The molecule has 0 atom stereocenters. The standard InChI is InChI=1S/C29H37BrNO2P/c30-34(26-18-10-7-11-19-26,27-20-12-8-13-21-27,28-22-14-9-15-23-28)25-17-6-4-2-1-3-5-16-24-31-29(32)33/h7-15,18-23,31H,1-6,16-17,24-25H2,(H,32,33). The van der Waals surface area contributed by atoms with Gasteiger partial charge in [0.1, 0.15) is 0 Å². The molecule has 0 unspecified atom stereocenters. The van der Waals surface area contributed by atoms with E-state index in [9.17, 15) is 4.79 Å². The first-order chi connectivity index (χ1) is 16.6. The second-order valence-electron chi connectivity index (χ2n) is 8.97. The molecule has 3 rings (SSSR count). The number of rotatable bonds is 14. The van der Waals surface area contributed by atoms with Gasteiger partial charge >= 0.3 is 203 Å². The van der Waals surface area contributed by atoms with Crippen molar-refractivity contribution in [3.63, 3.8) is 0 Å². The predicted molar refractivity (Wildman–Crippen MR) is 152 cm³/mol. The van der Waals surface area contributed by atoms with E-state index < -0.39 is 11.4 Å². The molecule has 0 bridgehead atoms. The number of halogens is 1. The van der Waals surface area contributed by atoms with Gasteiger partial charge in [-0.05, 0) is 0 Å². The number of carbonyl (C=O) groups is 1. The molecule has 0 saturated carbocycles. The molecule has 2 N–H and O–H groups in total. The molecule has 182 valence electrons. The molecular weight excluding hydrogens is 505 g/mol. The normalized spacial score (nSPS) is 12.6. The molecule has 0 aliphatic heterocycles. The van der Waals surface area contributed by atoms with Crippen LogP contribution in [0.2, 0.25) is 0 Å². The molecule has 0 aromatic heterocycles. The summed E-state index contributed by atoms with van der Waals surface area (Å²) in [6.07, 6.45) is 9.47. The number of carboxylic acid groups (broad SMARTS) is 1. The second-order valence-corrected chi connectivity index (χ2v) is 18.0. The SMILES string of the molecule is O=C(O)NCCCCCCCCCCP(Br)(c1ccccc1)(c1ccccc1)c1ccccc1. The molecule has 34 heavy (non-hydrogen) atoms. The quantitative estimate of drug-likeness (QED) is 0.167. The number of nitrogens with one attached hydrogen (secondary N) is 1. The van der Waals surface area contributed by atoms with Crippen LogP contribution in [0, 0.1) is 0 Å². The van der Waals surface area contributed by atoms with Gasteiger partial charge in [-0.15, -0.1) is 0 Å². The zero-order valence-electron chi connectivity index (χ0n) is 19.9. The summed E-state index contributed by atoms with van der Waals surface area (Å²) in [5.74, 6) is 0. The first-order valence-electron chi connectivity index (χ1n) is 12.4. The summed E-state index contributed by atoms with van der Waals surface area (Å²) < 4.78 is 0. The van der Waals surface area contributed by atoms with Crippen LogP contribution in [-0.4, -0.2) is 23.9 Å². The van der Waals surface area contributed by atoms with Crippen molar-refractivity contribution in [2.75, 3.05) is 12.7 Å². The molecule has 0 heterocycles. The van der Waals surface area contributed by atoms with Gasteiger partial charge in [0, 0.05) is 0 Å². The Balaban J connectivity index is 1.68. The van der Waals surface area contributed by atoms with Gasteiger partial charge in [0.25, 0.3) is 0 Å². The van der Waals surface area contributed by atoms with Crippen LogP contribution in [0.4, 0.5) is 4.79 Å². The van der Waals surface area contributed by atoms with E-state index in [4.69, 9.17) is 5.11 Å². The van der Waals surface area contributed by atoms with Crippen molar-refractivity contribution in [1.82, 2.24) is 5.32 Å². The topological polar surface area (TPSA) is 49.3 Å². The number of unbranched alkanes of at least 4 members (excludes halogenated alkanes) is 7.